The molecule has 4 aromatic rings. The molecule has 3 heterocycles. The molecule has 0 spiro atoms. The van der Waals surface area contributed by atoms with Gasteiger partial charge in [0.25, 0.3) is 5.91 Å². The van der Waals surface area contributed by atoms with Crippen LogP contribution in [0.25, 0.3) is 34.2 Å². The van der Waals surface area contributed by atoms with Crippen molar-refractivity contribution < 1.29 is 19.1 Å². The van der Waals surface area contributed by atoms with Crippen molar-refractivity contribution in [1.82, 2.24) is 14.7 Å². The Bertz CT molecular complexity index is 1520. The van der Waals surface area contributed by atoms with Crippen LogP contribution in [0.2, 0.25) is 0 Å². The molecular weight excluding hydrogens is 555 g/mol. The van der Waals surface area contributed by atoms with Gasteiger partial charge in [-0.1, -0.05) is 98.9 Å². The first-order valence-corrected chi connectivity index (χ1v) is 15.3. The van der Waals surface area contributed by atoms with E-state index in [0.717, 1.165) is 73.6 Å². The summed E-state index contributed by atoms with van der Waals surface area (Å²) in [6, 6.07) is 19.7. The van der Waals surface area contributed by atoms with Crippen molar-refractivity contribution in [1.29, 1.82) is 0 Å². The zero-order chi connectivity index (χ0) is 28.6. The number of carboxylic acid groups (broad SMARTS) is 1. The second-order valence-corrected chi connectivity index (χ2v) is 11.8. The third kappa shape index (κ3) is 7.34. The lowest BCUT2D eigenvalue weighted by Gasteiger charge is -2.14. The van der Waals surface area contributed by atoms with Crippen LogP contribution < -0.4 is 0 Å². The van der Waals surface area contributed by atoms with Crippen molar-refractivity contribution in [3.63, 3.8) is 0 Å². The van der Waals surface area contributed by atoms with Crippen molar-refractivity contribution in [2.75, 3.05) is 6.54 Å². The average molecular weight is 588 g/mol. The Labute approximate surface area is 249 Å². The number of carboxylic acids is 1. The smallest absolute Gasteiger partial charge is 0.303 e. The van der Waals surface area contributed by atoms with E-state index in [1.807, 2.05) is 72.9 Å². The maximum atomic E-state index is 13.4. The van der Waals surface area contributed by atoms with Crippen LogP contribution in [-0.4, -0.2) is 42.5 Å². The molecule has 0 atom stereocenters. The molecule has 1 amide bonds. The van der Waals surface area contributed by atoms with Gasteiger partial charge in [-0.05, 0) is 43.2 Å². The molecule has 7 nitrogen and oxygen atoms in total. The number of amides is 1. The zero-order valence-corrected chi connectivity index (χ0v) is 24.5. The Balaban J connectivity index is 1.24. The van der Waals surface area contributed by atoms with Crippen LogP contribution in [0.4, 0.5) is 0 Å². The number of fused-ring (bicyclic) bond motifs is 1. The Morgan fingerprint density at radius 3 is 2.37 bits per heavy atom. The van der Waals surface area contributed by atoms with Gasteiger partial charge in [0.15, 0.2) is 5.76 Å². The molecule has 1 aliphatic heterocycles. The number of carbonyl (C=O) groups excluding carboxylic acids is 1. The fraction of sp³-hybridized carbons (Fsp3) is 0.312. The molecule has 0 saturated carbocycles. The number of carbonyl (C=O) groups is 2. The quantitative estimate of drug-likeness (QED) is 0.0906. The SMILES string of the molecule is O=C(O)CCCCCCCCCCN1C(=O)C(=Cc2cn(-c3ccccc3)nc2-c2cc3ccccc3o2)SC1=S. The van der Waals surface area contributed by atoms with E-state index in [1.165, 1.54) is 11.8 Å². The summed E-state index contributed by atoms with van der Waals surface area (Å²) in [5.41, 5.74) is 3.15. The van der Waals surface area contributed by atoms with Crippen molar-refractivity contribution in [3.8, 4) is 17.1 Å². The lowest BCUT2D eigenvalue weighted by molar-refractivity contribution is -0.137. The van der Waals surface area contributed by atoms with Crippen molar-refractivity contribution in [2.24, 2.45) is 0 Å². The molecule has 212 valence electrons. The van der Waals surface area contributed by atoms with E-state index in [-0.39, 0.29) is 12.3 Å². The molecule has 1 fully saturated rings. The molecule has 2 aromatic heterocycles. The minimum atomic E-state index is -0.718. The number of unbranched alkanes of at least 4 members (excludes halogenated alkanes) is 7. The number of rotatable bonds is 14. The third-order valence-electron chi connectivity index (χ3n) is 7.10. The summed E-state index contributed by atoms with van der Waals surface area (Å²) in [7, 11) is 0. The van der Waals surface area contributed by atoms with Gasteiger partial charge in [-0.2, -0.15) is 5.10 Å². The zero-order valence-electron chi connectivity index (χ0n) is 22.8. The maximum Gasteiger partial charge on any atom is 0.303 e. The second kappa shape index (κ2) is 13.8. The van der Waals surface area contributed by atoms with E-state index in [2.05, 4.69) is 0 Å². The topological polar surface area (TPSA) is 88.6 Å². The van der Waals surface area contributed by atoms with Crippen LogP contribution in [0.3, 0.4) is 0 Å². The number of hydrogen-bond acceptors (Lipinski definition) is 6. The number of aromatic nitrogens is 2. The van der Waals surface area contributed by atoms with Crippen LogP contribution in [0, 0.1) is 0 Å². The van der Waals surface area contributed by atoms with E-state index in [1.54, 1.807) is 9.58 Å². The number of thioether (sulfide) groups is 1. The second-order valence-electron chi connectivity index (χ2n) is 10.2. The van der Waals surface area contributed by atoms with Crippen molar-refractivity contribution in [2.45, 2.75) is 57.8 Å². The first kappa shape index (κ1) is 28.8. The highest BCUT2D eigenvalue weighted by Crippen LogP contribution is 2.36. The molecule has 9 heteroatoms. The number of benzene rings is 2. The number of aliphatic carboxylic acids is 1. The van der Waals surface area contributed by atoms with E-state index in [9.17, 15) is 9.59 Å². The number of para-hydroxylation sites is 2. The lowest BCUT2D eigenvalue weighted by Crippen LogP contribution is -2.29. The number of nitrogens with zero attached hydrogens (tertiary/aromatic N) is 3. The van der Waals surface area contributed by atoms with Gasteiger partial charge in [0.05, 0.1) is 10.6 Å². The number of furan rings is 1. The number of thiocarbonyl (C=S) groups is 1. The van der Waals surface area contributed by atoms with E-state index >= 15 is 0 Å². The van der Waals surface area contributed by atoms with Crippen molar-refractivity contribution in [3.05, 3.63) is 77.3 Å². The molecule has 41 heavy (non-hydrogen) atoms. The molecule has 1 aliphatic rings. The van der Waals surface area contributed by atoms with Crippen LogP contribution in [0.1, 0.15) is 63.4 Å². The Morgan fingerprint density at radius 2 is 1.63 bits per heavy atom. The Morgan fingerprint density at radius 1 is 0.951 bits per heavy atom. The molecule has 1 saturated heterocycles. The minimum Gasteiger partial charge on any atom is -0.481 e. The van der Waals surface area contributed by atoms with Gasteiger partial charge in [-0.15, -0.1) is 0 Å². The van der Waals surface area contributed by atoms with E-state index in [0.29, 0.717) is 27.2 Å². The van der Waals surface area contributed by atoms with Gasteiger partial charge in [-0.25, -0.2) is 4.68 Å². The first-order chi connectivity index (χ1) is 20.0. The van der Waals surface area contributed by atoms with Gasteiger partial charge in [0.1, 0.15) is 15.6 Å². The number of hydrogen-bond donors (Lipinski definition) is 1. The first-order valence-electron chi connectivity index (χ1n) is 14.1. The Kier molecular flexibility index (Phi) is 9.69. The fourth-order valence-electron chi connectivity index (χ4n) is 4.94. The highest BCUT2D eigenvalue weighted by atomic mass is 32.2. The molecule has 0 radical (unpaired) electrons. The summed E-state index contributed by atoms with van der Waals surface area (Å²) in [6.45, 7) is 0.611. The molecule has 0 bridgehead atoms. The normalized spacial score (nSPS) is 14.5. The van der Waals surface area contributed by atoms with Gasteiger partial charge in [0.2, 0.25) is 0 Å². The summed E-state index contributed by atoms with van der Waals surface area (Å²) in [5.74, 6) is -0.143. The molecular formula is C32H33N3O4S2. The molecule has 2 aromatic carbocycles. The third-order valence-corrected chi connectivity index (χ3v) is 8.48. The van der Waals surface area contributed by atoms with E-state index < -0.39 is 5.97 Å². The summed E-state index contributed by atoms with van der Waals surface area (Å²) < 4.78 is 8.53. The van der Waals surface area contributed by atoms with Crippen LogP contribution in [-0.2, 0) is 9.59 Å². The molecule has 0 aliphatic carbocycles. The van der Waals surface area contributed by atoms with Crippen molar-refractivity contribution >= 4 is 57.2 Å². The monoisotopic (exact) mass is 587 g/mol. The highest BCUT2D eigenvalue weighted by molar-refractivity contribution is 8.26. The largest absolute Gasteiger partial charge is 0.481 e. The highest BCUT2D eigenvalue weighted by Gasteiger charge is 2.32. The predicted octanol–water partition coefficient (Wildman–Crippen LogP) is 8.08. The van der Waals surface area contributed by atoms with Gasteiger partial charge < -0.3 is 9.52 Å². The summed E-state index contributed by atoms with van der Waals surface area (Å²) in [4.78, 5) is 26.2. The van der Waals surface area contributed by atoms with Crippen LogP contribution in [0.15, 0.2) is 76.2 Å². The fourth-order valence-corrected chi connectivity index (χ4v) is 6.24. The van der Waals surface area contributed by atoms with Crippen LogP contribution >= 0.6 is 24.0 Å². The standard InChI is InChI=1S/C32H33N3O4S2/c36-29(37)18-10-5-3-1-2-4-6-13-19-34-31(38)28(41-32(34)40)21-24-22-35(25-15-8-7-9-16-25)33-30(24)27-20-23-14-11-12-17-26(23)39-27/h7-9,11-12,14-17,20-22H,1-6,10,13,18-19H2,(H,36,37). The minimum absolute atomic E-state index is 0.0681. The average Bonchev–Trinajstić information content (AvgIpc) is 3.66. The Hall–Kier alpha value is -3.69. The van der Waals surface area contributed by atoms with Gasteiger partial charge in [-0.3, -0.25) is 14.5 Å². The maximum absolute atomic E-state index is 13.4. The molecule has 0 unspecified atom stereocenters. The van der Waals surface area contributed by atoms with Crippen LogP contribution in [0.5, 0.6) is 0 Å². The predicted molar refractivity (Wildman–Crippen MR) is 168 cm³/mol. The van der Waals surface area contributed by atoms with Gasteiger partial charge in [0, 0.05) is 30.1 Å². The van der Waals surface area contributed by atoms with E-state index in [4.69, 9.17) is 26.8 Å². The lowest BCUT2D eigenvalue weighted by atomic mass is 10.1. The molecule has 5 rings (SSSR count). The summed E-state index contributed by atoms with van der Waals surface area (Å²) in [5, 5.41) is 14.5. The summed E-state index contributed by atoms with van der Waals surface area (Å²) >= 11 is 6.92. The van der Waals surface area contributed by atoms with Gasteiger partial charge >= 0.3 is 5.97 Å². The molecule has 1 N–H and O–H groups in total. The summed E-state index contributed by atoms with van der Waals surface area (Å²) in [6.07, 6.45) is 12.1.